The van der Waals surface area contributed by atoms with Crippen molar-refractivity contribution in [3.8, 4) is 0 Å². The van der Waals surface area contributed by atoms with E-state index in [0.29, 0.717) is 17.7 Å². The van der Waals surface area contributed by atoms with Crippen LogP contribution in [0, 0.1) is 0 Å². The zero-order chi connectivity index (χ0) is 19.2. The molecule has 27 heavy (non-hydrogen) atoms. The third-order valence-electron chi connectivity index (χ3n) is 4.84. The van der Waals surface area contributed by atoms with Gasteiger partial charge in [0.05, 0.1) is 0 Å². The second-order valence-corrected chi connectivity index (χ2v) is 6.57. The van der Waals surface area contributed by atoms with Crippen LogP contribution in [0.4, 0.5) is 5.82 Å². The van der Waals surface area contributed by atoms with E-state index in [9.17, 15) is 9.59 Å². The van der Waals surface area contributed by atoms with E-state index in [1.807, 2.05) is 12.1 Å². The first kappa shape index (κ1) is 18.8. The Morgan fingerprint density at radius 2 is 1.70 bits per heavy atom. The lowest BCUT2D eigenvalue weighted by Crippen LogP contribution is -2.46. The van der Waals surface area contributed by atoms with Crippen molar-refractivity contribution in [2.45, 2.75) is 13.5 Å². The minimum absolute atomic E-state index is 0.203. The number of nitrogens with two attached hydrogens (primary N) is 1. The molecule has 1 fully saturated rings. The van der Waals surface area contributed by atoms with Crippen molar-refractivity contribution < 1.29 is 9.59 Å². The van der Waals surface area contributed by atoms with Crippen LogP contribution in [0.25, 0.3) is 0 Å². The minimum Gasteiger partial charge on any atom is -0.366 e. The van der Waals surface area contributed by atoms with E-state index in [2.05, 4.69) is 27.0 Å². The maximum absolute atomic E-state index is 12.2. The Morgan fingerprint density at radius 1 is 1.04 bits per heavy atom. The summed E-state index contributed by atoms with van der Waals surface area (Å²) in [6, 6.07) is 10.3. The average Bonchev–Trinajstić information content (AvgIpc) is 2.72. The zero-order valence-electron chi connectivity index (χ0n) is 15.5. The normalized spacial score (nSPS) is 14.8. The highest BCUT2D eigenvalue weighted by Crippen LogP contribution is 2.14. The molecule has 1 aliphatic heterocycles. The van der Waals surface area contributed by atoms with E-state index in [1.54, 1.807) is 30.5 Å². The van der Waals surface area contributed by atoms with E-state index in [1.165, 1.54) is 0 Å². The number of carbonyl (C=O) groups is 2. The van der Waals surface area contributed by atoms with Gasteiger partial charge in [-0.2, -0.15) is 0 Å². The monoisotopic (exact) mass is 367 g/mol. The van der Waals surface area contributed by atoms with E-state index in [0.717, 1.165) is 44.1 Å². The molecular formula is C20H25N5O2. The lowest BCUT2D eigenvalue weighted by atomic mass is 10.1. The van der Waals surface area contributed by atoms with Gasteiger partial charge in [-0.15, -0.1) is 0 Å². The molecule has 0 bridgehead atoms. The molecule has 1 aliphatic rings. The quantitative estimate of drug-likeness (QED) is 0.802. The van der Waals surface area contributed by atoms with E-state index in [4.69, 9.17) is 5.73 Å². The molecule has 2 aromatic rings. The Balaban J connectivity index is 1.52. The minimum atomic E-state index is -0.510. The van der Waals surface area contributed by atoms with Crippen molar-refractivity contribution in [3.63, 3.8) is 0 Å². The van der Waals surface area contributed by atoms with Gasteiger partial charge in [0.2, 0.25) is 5.91 Å². The summed E-state index contributed by atoms with van der Waals surface area (Å²) >= 11 is 0. The molecule has 2 heterocycles. The standard InChI is InChI=1S/C20H25N5O2/c1-2-24-9-11-25(12-10-24)18-8-3-15(13-22-18)14-23-20(27)17-6-4-16(5-7-17)19(21)26/h3-8,13H,2,9-12,14H2,1H3,(H2,21,26)(H,23,27). The van der Waals surface area contributed by atoms with Crippen molar-refractivity contribution in [2.24, 2.45) is 5.73 Å². The van der Waals surface area contributed by atoms with Crippen LogP contribution < -0.4 is 16.0 Å². The number of aromatic nitrogens is 1. The van der Waals surface area contributed by atoms with Gasteiger partial charge in [-0.1, -0.05) is 13.0 Å². The van der Waals surface area contributed by atoms with Gasteiger partial charge in [-0.3, -0.25) is 9.59 Å². The van der Waals surface area contributed by atoms with Crippen LogP contribution in [0.1, 0.15) is 33.2 Å². The summed E-state index contributed by atoms with van der Waals surface area (Å²) in [5, 5.41) is 2.86. The number of nitrogens with one attached hydrogen (secondary N) is 1. The summed E-state index contributed by atoms with van der Waals surface area (Å²) in [5.41, 5.74) is 7.01. The van der Waals surface area contributed by atoms with Crippen molar-refractivity contribution in [2.75, 3.05) is 37.6 Å². The smallest absolute Gasteiger partial charge is 0.251 e. The zero-order valence-corrected chi connectivity index (χ0v) is 15.5. The van der Waals surface area contributed by atoms with Gasteiger partial charge in [0.1, 0.15) is 5.82 Å². The molecule has 7 heteroatoms. The van der Waals surface area contributed by atoms with Gasteiger partial charge in [0.15, 0.2) is 0 Å². The number of pyridine rings is 1. The molecule has 0 atom stereocenters. The predicted octanol–water partition coefficient (Wildman–Crippen LogP) is 1.25. The maximum Gasteiger partial charge on any atom is 0.251 e. The SMILES string of the molecule is CCN1CCN(c2ccc(CNC(=O)c3ccc(C(N)=O)cc3)cn2)CC1. The molecule has 2 amide bonds. The number of amides is 2. The molecule has 0 spiro atoms. The van der Waals surface area contributed by atoms with Crippen LogP contribution in [-0.2, 0) is 6.54 Å². The summed E-state index contributed by atoms with van der Waals surface area (Å²) in [5.74, 6) is 0.262. The van der Waals surface area contributed by atoms with Crippen LogP contribution in [0.2, 0.25) is 0 Å². The van der Waals surface area contributed by atoms with Crippen LogP contribution in [0.15, 0.2) is 42.6 Å². The molecule has 1 saturated heterocycles. The third kappa shape index (κ3) is 4.83. The third-order valence-corrected chi connectivity index (χ3v) is 4.84. The summed E-state index contributed by atoms with van der Waals surface area (Å²) in [4.78, 5) is 32.5. The van der Waals surface area contributed by atoms with Crippen molar-refractivity contribution >= 4 is 17.6 Å². The highest BCUT2D eigenvalue weighted by molar-refractivity contribution is 5.97. The lowest BCUT2D eigenvalue weighted by molar-refractivity contribution is 0.0948. The Bertz CT molecular complexity index is 781. The Labute approximate surface area is 159 Å². The largest absolute Gasteiger partial charge is 0.366 e. The number of nitrogens with zero attached hydrogens (tertiary/aromatic N) is 3. The summed E-state index contributed by atoms with van der Waals surface area (Å²) in [7, 11) is 0. The molecule has 0 aliphatic carbocycles. The highest BCUT2D eigenvalue weighted by atomic mass is 16.2. The average molecular weight is 367 g/mol. The first-order chi connectivity index (χ1) is 13.1. The highest BCUT2D eigenvalue weighted by Gasteiger charge is 2.16. The van der Waals surface area contributed by atoms with Crippen molar-refractivity contribution in [3.05, 3.63) is 59.3 Å². The number of likely N-dealkylation sites (N-methyl/N-ethyl adjacent to an activating group) is 1. The molecule has 1 aromatic carbocycles. The summed E-state index contributed by atoms with van der Waals surface area (Å²) in [6.07, 6.45) is 1.80. The molecule has 3 rings (SSSR count). The van der Waals surface area contributed by atoms with Gasteiger partial charge in [-0.25, -0.2) is 4.98 Å². The number of anilines is 1. The molecule has 0 saturated carbocycles. The maximum atomic E-state index is 12.2. The Kier molecular flexibility index (Phi) is 6.03. The Morgan fingerprint density at radius 3 is 2.26 bits per heavy atom. The number of rotatable bonds is 6. The molecule has 142 valence electrons. The predicted molar refractivity (Wildman–Crippen MR) is 105 cm³/mol. The molecule has 0 radical (unpaired) electrons. The number of carbonyl (C=O) groups excluding carboxylic acids is 2. The molecule has 3 N–H and O–H groups in total. The summed E-state index contributed by atoms with van der Waals surface area (Å²) in [6.45, 7) is 7.76. The van der Waals surface area contributed by atoms with E-state index >= 15 is 0 Å². The van der Waals surface area contributed by atoms with Gasteiger partial charge in [-0.05, 0) is 42.4 Å². The molecule has 7 nitrogen and oxygen atoms in total. The lowest BCUT2D eigenvalue weighted by Gasteiger charge is -2.34. The van der Waals surface area contributed by atoms with Crippen LogP contribution >= 0.6 is 0 Å². The number of piperazine rings is 1. The first-order valence-electron chi connectivity index (χ1n) is 9.17. The fourth-order valence-electron chi connectivity index (χ4n) is 3.07. The number of benzene rings is 1. The fourth-order valence-corrected chi connectivity index (χ4v) is 3.07. The molecule has 0 unspecified atom stereocenters. The topological polar surface area (TPSA) is 91.6 Å². The first-order valence-corrected chi connectivity index (χ1v) is 9.17. The molecule has 1 aromatic heterocycles. The van der Waals surface area contributed by atoms with Crippen LogP contribution in [0.5, 0.6) is 0 Å². The van der Waals surface area contributed by atoms with E-state index in [-0.39, 0.29) is 5.91 Å². The number of primary amides is 1. The van der Waals surface area contributed by atoms with Gasteiger partial charge in [0.25, 0.3) is 5.91 Å². The fraction of sp³-hybridized carbons (Fsp3) is 0.350. The Hall–Kier alpha value is -2.93. The van der Waals surface area contributed by atoms with Gasteiger partial charge in [0, 0.05) is 50.0 Å². The van der Waals surface area contributed by atoms with Gasteiger partial charge < -0.3 is 20.9 Å². The van der Waals surface area contributed by atoms with Crippen LogP contribution in [0.3, 0.4) is 0 Å². The van der Waals surface area contributed by atoms with E-state index < -0.39 is 5.91 Å². The second kappa shape index (κ2) is 8.64. The summed E-state index contributed by atoms with van der Waals surface area (Å²) < 4.78 is 0. The van der Waals surface area contributed by atoms with Gasteiger partial charge >= 0.3 is 0 Å². The molecular weight excluding hydrogens is 342 g/mol. The van der Waals surface area contributed by atoms with Crippen molar-refractivity contribution in [1.29, 1.82) is 0 Å². The second-order valence-electron chi connectivity index (χ2n) is 6.57. The van der Waals surface area contributed by atoms with Crippen molar-refractivity contribution in [1.82, 2.24) is 15.2 Å². The number of hydrogen-bond acceptors (Lipinski definition) is 5. The van der Waals surface area contributed by atoms with Crippen LogP contribution in [-0.4, -0.2) is 54.4 Å². The number of hydrogen-bond donors (Lipinski definition) is 2.